The molecule has 1 atom stereocenters. The van der Waals surface area contributed by atoms with Crippen LogP contribution in [0.2, 0.25) is 0 Å². The number of methoxy groups -OCH3 is 1. The van der Waals surface area contributed by atoms with E-state index in [0.717, 1.165) is 11.3 Å². The molecular formula is C28H33N3O9S2. The number of aromatic nitrogens is 1. The van der Waals surface area contributed by atoms with Crippen LogP contribution in [0.1, 0.15) is 56.8 Å². The van der Waals surface area contributed by atoms with Gasteiger partial charge in [0, 0.05) is 5.56 Å². The number of aliphatic carboxylic acids is 1. The summed E-state index contributed by atoms with van der Waals surface area (Å²) in [7, 11) is -3.09. The number of carbonyl (C=O) groups is 2. The molecule has 1 aromatic carbocycles. The summed E-state index contributed by atoms with van der Waals surface area (Å²) in [6.45, 7) is 3.78. The zero-order chi connectivity index (χ0) is 30.4. The predicted molar refractivity (Wildman–Crippen MR) is 153 cm³/mol. The van der Waals surface area contributed by atoms with E-state index in [9.17, 15) is 28.2 Å². The Morgan fingerprint density at radius 3 is 2.55 bits per heavy atom. The third-order valence-electron chi connectivity index (χ3n) is 7.71. The number of fused-ring (bicyclic) bond motifs is 1. The first kappa shape index (κ1) is 30.0. The first-order valence-electron chi connectivity index (χ1n) is 13.5. The van der Waals surface area contributed by atoms with Crippen molar-refractivity contribution in [3.8, 4) is 16.5 Å². The van der Waals surface area contributed by atoms with E-state index in [1.54, 1.807) is 19.1 Å². The molecule has 3 heterocycles. The van der Waals surface area contributed by atoms with Gasteiger partial charge >= 0.3 is 12.0 Å². The van der Waals surface area contributed by atoms with Crippen molar-refractivity contribution in [2.45, 2.75) is 75.2 Å². The molecule has 42 heavy (non-hydrogen) atoms. The van der Waals surface area contributed by atoms with Crippen LogP contribution in [0.3, 0.4) is 0 Å². The van der Waals surface area contributed by atoms with Crippen LogP contribution in [0.15, 0.2) is 46.0 Å². The number of carbonyl (C=O) groups excluding carboxylic acids is 1. The molecule has 2 amide bonds. The van der Waals surface area contributed by atoms with Gasteiger partial charge in [-0.05, 0) is 58.1 Å². The summed E-state index contributed by atoms with van der Waals surface area (Å²) in [4.78, 5) is 32.1. The molecule has 1 aliphatic carbocycles. The number of oxazole rings is 1. The van der Waals surface area contributed by atoms with E-state index in [1.165, 1.54) is 38.3 Å². The first-order chi connectivity index (χ1) is 19.9. The van der Waals surface area contributed by atoms with Gasteiger partial charge in [0.15, 0.2) is 5.54 Å². The van der Waals surface area contributed by atoms with E-state index in [-0.39, 0.29) is 34.0 Å². The van der Waals surface area contributed by atoms with Crippen molar-refractivity contribution in [2.24, 2.45) is 0 Å². The van der Waals surface area contributed by atoms with E-state index in [1.807, 2.05) is 12.1 Å². The zero-order valence-corrected chi connectivity index (χ0v) is 25.3. The number of carboxylic acid groups (broad SMARTS) is 1. The van der Waals surface area contributed by atoms with Crippen LogP contribution in [-0.2, 0) is 19.6 Å². The number of amides is 2. The Balaban J connectivity index is 1.66. The normalized spacial score (nSPS) is 21.2. The van der Waals surface area contributed by atoms with E-state index < -0.39 is 39.8 Å². The average Bonchev–Trinajstić information content (AvgIpc) is 3.59. The largest absolute Gasteiger partial charge is 0.496 e. The van der Waals surface area contributed by atoms with E-state index >= 15 is 0 Å². The van der Waals surface area contributed by atoms with E-state index in [0.29, 0.717) is 46.2 Å². The van der Waals surface area contributed by atoms with E-state index in [4.69, 9.17) is 13.9 Å². The third kappa shape index (κ3) is 5.16. The minimum Gasteiger partial charge on any atom is -0.496 e. The lowest BCUT2D eigenvalue weighted by atomic mass is 9.94. The van der Waals surface area contributed by atoms with Crippen molar-refractivity contribution >= 4 is 38.4 Å². The highest BCUT2D eigenvalue weighted by Crippen LogP contribution is 2.50. The highest BCUT2D eigenvalue weighted by atomic mass is 32.2. The highest BCUT2D eigenvalue weighted by molar-refractivity contribution is 7.90. The average molecular weight is 620 g/mol. The second-order valence-corrected chi connectivity index (χ2v) is 13.6. The molecule has 14 heteroatoms. The number of thiophene rings is 1. The van der Waals surface area contributed by atoms with Gasteiger partial charge in [-0.1, -0.05) is 18.2 Å². The number of rotatable bonds is 9. The van der Waals surface area contributed by atoms with Crippen molar-refractivity contribution < 1.29 is 42.1 Å². The van der Waals surface area contributed by atoms with Gasteiger partial charge in [0.05, 0.1) is 36.9 Å². The number of aliphatic hydroxyl groups excluding tert-OH is 1. The van der Waals surface area contributed by atoms with Crippen molar-refractivity contribution in [1.82, 2.24) is 9.29 Å². The number of carboxylic acids is 1. The lowest BCUT2D eigenvalue weighted by Crippen LogP contribution is -2.62. The monoisotopic (exact) mass is 619 g/mol. The van der Waals surface area contributed by atoms with Crippen molar-refractivity contribution in [3.63, 3.8) is 0 Å². The number of nitrogens with zero attached hydrogens (tertiary/aromatic N) is 3. The quantitative estimate of drug-likeness (QED) is 0.347. The van der Waals surface area contributed by atoms with Crippen LogP contribution in [0, 0.1) is 6.92 Å². The molecule has 0 spiro atoms. The molecule has 1 saturated carbocycles. The molecular weight excluding hydrogens is 586 g/mol. The number of anilines is 1. The molecule has 3 aromatic rings. The molecule has 0 radical (unpaired) electrons. The van der Waals surface area contributed by atoms with Crippen molar-refractivity contribution in [1.29, 1.82) is 0 Å². The number of urea groups is 1. The van der Waals surface area contributed by atoms with Crippen molar-refractivity contribution in [3.05, 3.63) is 47.9 Å². The molecule has 0 bridgehead atoms. The fourth-order valence-electron chi connectivity index (χ4n) is 5.41. The molecule has 5 rings (SSSR count). The number of aliphatic hydroxyl groups is 1. The fraction of sp³-hybridized carbons (Fsp3) is 0.464. The number of sulfonamides is 1. The second-order valence-electron chi connectivity index (χ2n) is 10.9. The summed E-state index contributed by atoms with van der Waals surface area (Å²) >= 11 is 1.02. The summed E-state index contributed by atoms with van der Waals surface area (Å²) in [5.74, 6) is -0.792. The van der Waals surface area contributed by atoms with Crippen molar-refractivity contribution in [2.75, 3.05) is 18.6 Å². The van der Waals surface area contributed by atoms with Gasteiger partial charge in [0.25, 0.3) is 10.0 Å². The number of benzene rings is 1. The van der Waals surface area contributed by atoms with Gasteiger partial charge in [-0.2, -0.15) is 4.31 Å². The molecule has 0 unspecified atom stereocenters. The van der Waals surface area contributed by atoms with Gasteiger partial charge in [-0.25, -0.2) is 23.0 Å². The Bertz CT molecular complexity index is 1580. The van der Waals surface area contributed by atoms with Crippen LogP contribution >= 0.6 is 11.3 Å². The molecule has 12 nitrogen and oxygen atoms in total. The summed E-state index contributed by atoms with van der Waals surface area (Å²) in [6, 6.07) is 6.17. The first-order valence-corrected chi connectivity index (χ1v) is 15.7. The number of hydrogen-bond acceptors (Lipinski definition) is 10. The van der Waals surface area contributed by atoms with Crippen LogP contribution < -0.4 is 9.64 Å². The second kappa shape index (κ2) is 11.3. The molecule has 1 aliphatic heterocycles. The van der Waals surface area contributed by atoms with Gasteiger partial charge in [0.1, 0.15) is 28.0 Å². The Kier molecular flexibility index (Phi) is 8.09. The molecule has 0 saturated heterocycles. The predicted octanol–water partition coefficient (Wildman–Crippen LogP) is 4.58. The maximum atomic E-state index is 14.2. The van der Waals surface area contributed by atoms with Gasteiger partial charge in [-0.3, -0.25) is 4.90 Å². The Morgan fingerprint density at radius 2 is 1.93 bits per heavy atom. The topological polar surface area (TPSA) is 160 Å². The number of ether oxygens (including phenoxy) is 2. The Morgan fingerprint density at radius 1 is 1.24 bits per heavy atom. The maximum absolute atomic E-state index is 14.2. The van der Waals surface area contributed by atoms with Crippen LogP contribution in [-0.4, -0.2) is 71.3 Å². The minimum absolute atomic E-state index is 0.116. The van der Waals surface area contributed by atoms with Crippen LogP contribution in [0.4, 0.5) is 9.80 Å². The maximum Gasteiger partial charge on any atom is 0.340 e. The summed E-state index contributed by atoms with van der Waals surface area (Å²) < 4.78 is 46.1. The number of para-hydroxylation sites is 1. The van der Waals surface area contributed by atoms with Gasteiger partial charge < -0.3 is 24.1 Å². The summed E-state index contributed by atoms with van der Waals surface area (Å²) in [5.41, 5.74) is -1.18. The number of hydrogen-bond donors (Lipinski definition) is 2. The summed E-state index contributed by atoms with van der Waals surface area (Å²) in [6.07, 6.45) is 3.72. The third-order valence-corrected chi connectivity index (χ3v) is 11.3. The lowest BCUT2D eigenvalue weighted by Gasteiger charge is -2.42. The fourth-order valence-corrected chi connectivity index (χ4v) is 9.05. The Labute approximate surface area is 247 Å². The lowest BCUT2D eigenvalue weighted by molar-refractivity contribution is -0.145. The zero-order valence-electron chi connectivity index (χ0n) is 23.6. The molecule has 2 aliphatic rings. The Hall–Kier alpha value is -3.46. The van der Waals surface area contributed by atoms with Crippen LogP contribution in [0.5, 0.6) is 5.75 Å². The smallest absolute Gasteiger partial charge is 0.340 e. The molecule has 2 aromatic heterocycles. The standard InChI is InChI=1S/C28H33N3O9S2/c1-16-22(24-29-13-14-39-24)41-25-23(16)42(36,37)31(28(2,3)26(33)34)27(35)30(25)15-21(19-7-5-6-8-20(19)38-4)40-18-11-9-17(32)10-12-18/h5-8,13-14,17-18,21,32H,9-12,15H2,1-4H3,(H,33,34)/t17?,18?,21-/m0/s1. The SMILES string of the molecule is COc1ccccc1[C@H](CN1C(=O)N(C(C)(C)C(=O)O)S(=O)(=O)c2c1sc(-c1ncco1)c2C)OC1CCC(O)CC1. The molecule has 2 N–H and O–H groups in total. The minimum atomic E-state index is -4.61. The van der Waals surface area contributed by atoms with Crippen LogP contribution in [0.25, 0.3) is 10.8 Å². The highest BCUT2D eigenvalue weighted by Gasteiger charge is 2.54. The van der Waals surface area contributed by atoms with Gasteiger partial charge in [0.2, 0.25) is 5.89 Å². The van der Waals surface area contributed by atoms with Gasteiger partial charge in [-0.15, -0.1) is 11.3 Å². The molecule has 1 fully saturated rings. The van der Waals surface area contributed by atoms with E-state index in [2.05, 4.69) is 4.98 Å². The molecule has 226 valence electrons. The summed E-state index contributed by atoms with van der Waals surface area (Å²) in [5, 5.41) is 20.1.